The van der Waals surface area contributed by atoms with Crippen LogP contribution in [0.4, 0.5) is 5.69 Å². The Bertz CT molecular complexity index is 566. The van der Waals surface area contributed by atoms with Crippen molar-refractivity contribution in [3.8, 4) is 0 Å². The number of aromatic nitrogens is 1. The van der Waals surface area contributed by atoms with Gasteiger partial charge in [0.25, 0.3) is 0 Å². The number of hydrogen-bond donors (Lipinski definition) is 1. The van der Waals surface area contributed by atoms with Gasteiger partial charge in [-0.1, -0.05) is 18.2 Å². The lowest BCUT2D eigenvalue weighted by atomic mass is 10.1. The van der Waals surface area contributed by atoms with Crippen molar-refractivity contribution in [3.05, 3.63) is 36.0 Å². The summed E-state index contributed by atoms with van der Waals surface area (Å²) in [5.74, 6) is 0. The lowest BCUT2D eigenvalue weighted by molar-refractivity contribution is 0.190. The van der Waals surface area contributed by atoms with Crippen LogP contribution in [0.2, 0.25) is 0 Å². The van der Waals surface area contributed by atoms with Crippen LogP contribution in [0.1, 0.15) is 5.69 Å². The van der Waals surface area contributed by atoms with Gasteiger partial charge < -0.3 is 19.5 Å². The third-order valence-corrected chi connectivity index (χ3v) is 3.38. The molecule has 1 N–H and O–H groups in total. The molecule has 0 aliphatic rings. The molecule has 5 nitrogen and oxygen atoms in total. The summed E-state index contributed by atoms with van der Waals surface area (Å²) in [6.45, 7) is 2.72. The molecule has 1 heterocycles. The molecule has 0 aliphatic heterocycles. The fraction of sp³-hybridized carbons (Fsp3) is 0.438. The number of ether oxygens (including phenoxy) is 2. The standard InChI is InChI=1S/C16H22N2O3/c1-20-9-7-18(8-10-21-2)16-11-13(12-19)17-15-6-4-3-5-14(15)16/h3-6,11,19H,7-10,12H2,1-2H3. The smallest absolute Gasteiger partial charge is 0.0854 e. The molecular weight excluding hydrogens is 268 g/mol. The van der Waals surface area contributed by atoms with E-state index >= 15 is 0 Å². The molecule has 0 unspecified atom stereocenters. The first kappa shape index (κ1) is 15.7. The fourth-order valence-electron chi connectivity index (χ4n) is 2.31. The SMILES string of the molecule is COCCN(CCOC)c1cc(CO)nc2ccccc12. The summed E-state index contributed by atoms with van der Waals surface area (Å²) < 4.78 is 10.4. The molecule has 114 valence electrons. The number of fused-ring (bicyclic) bond motifs is 1. The highest BCUT2D eigenvalue weighted by Crippen LogP contribution is 2.26. The summed E-state index contributed by atoms with van der Waals surface area (Å²) in [5, 5.41) is 10.5. The van der Waals surface area contributed by atoms with E-state index in [2.05, 4.69) is 9.88 Å². The van der Waals surface area contributed by atoms with Gasteiger partial charge in [0.05, 0.1) is 31.0 Å². The van der Waals surface area contributed by atoms with E-state index in [1.165, 1.54) is 0 Å². The minimum Gasteiger partial charge on any atom is -0.390 e. The van der Waals surface area contributed by atoms with Crippen molar-refractivity contribution in [1.29, 1.82) is 0 Å². The highest BCUT2D eigenvalue weighted by molar-refractivity contribution is 5.92. The number of pyridine rings is 1. The number of benzene rings is 1. The van der Waals surface area contributed by atoms with Crippen LogP contribution in [0, 0.1) is 0 Å². The van der Waals surface area contributed by atoms with E-state index in [4.69, 9.17) is 9.47 Å². The molecule has 0 saturated carbocycles. The number of rotatable bonds is 8. The number of nitrogens with zero attached hydrogens (tertiary/aromatic N) is 2. The quantitative estimate of drug-likeness (QED) is 0.804. The van der Waals surface area contributed by atoms with Crippen molar-refractivity contribution in [2.75, 3.05) is 45.4 Å². The van der Waals surface area contributed by atoms with Gasteiger partial charge in [-0.2, -0.15) is 0 Å². The van der Waals surface area contributed by atoms with Gasteiger partial charge in [-0.25, -0.2) is 0 Å². The van der Waals surface area contributed by atoms with Crippen LogP contribution in [0.15, 0.2) is 30.3 Å². The molecular formula is C16H22N2O3. The summed E-state index contributed by atoms with van der Waals surface area (Å²) in [7, 11) is 3.39. The van der Waals surface area contributed by atoms with Crippen LogP contribution in [-0.4, -0.2) is 50.6 Å². The topological polar surface area (TPSA) is 54.8 Å². The molecule has 0 aliphatic carbocycles. The Balaban J connectivity index is 2.43. The van der Waals surface area contributed by atoms with Crippen LogP contribution in [-0.2, 0) is 16.1 Å². The second kappa shape index (κ2) is 7.93. The Morgan fingerprint density at radius 1 is 1.10 bits per heavy atom. The monoisotopic (exact) mass is 290 g/mol. The third kappa shape index (κ3) is 3.91. The minimum atomic E-state index is -0.0692. The van der Waals surface area contributed by atoms with Gasteiger partial charge in [-0.3, -0.25) is 4.98 Å². The molecule has 1 aromatic heterocycles. The van der Waals surface area contributed by atoms with E-state index in [1.54, 1.807) is 14.2 Å². The normalized spacial score (nSPS) is 11.0. The van der Waals surface area contributed by atoms with Crippen LogP contribution >= 0.6 is 0 Å². The molecule has 0 fully saturated rings. The number of hydrogen-bond acceptors (Lipinski definition) is 5. The molecule has 0 amide bonds. The van der Waals surface area contributed by atoms with Crippen LogP contribution in [0.25, 0.3) is 10.9 Å². The molecule has 0 bridgehead atoms. The zero-order chi connectivity index (χ0) is 15.1. The Morgan fingerprint density at radius 2 is 1.76 bits per heavy atom. The van der Waals surface area contributed by atoms with E-state index in [9.17, 15) is 5.11 Å². The van der Waals surface area contributed by atoms with E-state index < -0.39 is 0 Å². The van der Waals surface area contributed by atoms with Crippen molar-refractivity contribution in [1.82, 2.24) is 4.98 Å². The average molecular weight is 290 g/mol. The molecule has 0 radical (unpaired) electrons. The molecule has 0 spiro atoms. The van der Waals surface area contributed by atoms with Gasteiger partial charge in [0, 0.05) is 38.4 Å². The predicted octanol–water partition coefficient (Wildman–Crippen LogP) is 1.83. The number of anilines is 1. The maximum atomic E-state index is 9.43. The summed E-state index contributed by atoms with van der Waals surface area (Å²) >= 11 is 0. The summed E-state index contributed by atoms with van der Waals surface area (Å²) in [6.07, 6.45) is 0. The van der Waals surface area contributed by atoms with Gasteiger partial charge in [0.15, 0.2) is 0 Å². The fourth-order valence-corrected chi connectivity index (χ4v) is 2.31. The molecule has 2 rings (SSSR count). The summed E-state index contributed by atoms with van der Waals surface area (Å²) in [5.41, 5.74) is 2.61. The first-order valence-corrected chi connectivity index (χ1v) is 7.02. The van der Waals surface area contributed by atoms with Crippen molar-refractivity contribution in [2.45, 2.75) is 6.61 Å². The molecule has 21 heavy (non-hydrogen) atoms. The number of aliphatic hydroxyl groups excluding tert-OH is 1. The van der Waals surface area contributed by atoms with Crippen molar-refractivity contribution >= 4 is 16.6 Å². The van der Waals surface area contributed by atoms with Gasteiger partial charge in [-0.15, -0.1) is 0 Å². The largest absolute Gasteiger partial charge is 0.390 e. The van der Waals surface area contributed by atoms with E-state index in [1.807, 2.05) is 30.3 Å². The molecule has 2 aromatic rings. The average Bonchev–Trinajstić information content (AvgIpc) is 2.54. The summed E-state index contributed by atoms with van der Waals surface area (Å²) in [4.78, 5) is 6.66. The third-order valence-electron chi connectivity index (χ3n) is 3.38. The van der Waals surface area contributed by atoms with Gasteiger partial charge in [0.2, 0.25) is 0 Å². The highest BCUT2D eigenvalue weighted by Gasteiger charge is 2.12. The van der Waals surface area contributed by atoms with E-state index in [-0.39, 0.29) is 6.61 Å². The predicted molar refractivity (Wildman–Crippen MR) is 83.6 cm³/mol. The Morgan fingerprint density at radius 3 is 2.38 bits per heavy atom. The van der Waals surface area contributed by atoms with Crippen molar-refractivity contribution in [3.63, 3.8) is 0 Å². The number of methoxy groups -OCH3 is 2. The van der Waals surface area contributed by atoms with E-state index in [0.717, 1.165) is 29.7 Å². The van der Waals surface area contributed by atoms with Gasteiger partial charge >= 0.3 is 0 Å². The molecule has 0 saturated heterocycles. The Kier molecular flexibility index (Phi) is 5.92. The highest BCUT2D eigenvalue weighted by atomic mass is 16.5. The first-order valence-electron chi connectivity index (χ1n) is 7.02. The molecule has 5 heteroatoms. The van der Waals surface area contributed by atoms with Crippen molar-refractivity contribution < 1.29 is 14.6 Å². The first-order chi connectivity index (χ1) is 10.3. The lowest BCUT2D eigenvalue weighted by Crippen LogP contribution is -2.31. The Hall–Kier alpha value is -1.69. The maximum Gasteiger partial charge on any atom is 0.0854 e. The van der Waals surface area contributed by atoms with Crippen LogP contribution in [0.5, 0.6) is 0 Å². The second-order valence-corrected chi connectivity index (χ2v) is 4.78. The maximum absolute atomic E-state index is 9.43. The van der Waals surface area contributed by atoms with E-state index in [0.29, 0.717) is 18.9 Å². The van der Waals surface area contributed by atoms with Crippen molar-refractivity contribution in [2.24, 2.45) is 0 Å². The van der Waals surface area contributed by atoms with Crippen LogP contribution < -0.4 is 4.90 Å². The van der Waals surface area contributed by atoms with Gasteiger partial charge in [0.1, 0.15) is 0 Å². The zero-order valence-electron chi connectivity index (χ0n) is 12.6. The van der Waals surface area contributed by atoms with Crippen LogP contribution in [0.3, 0.4) is 0 Å². The Labute approximate surface area is 125 Å². The zero-order valence-corrected chi connectivity index (χ0v) is 12.6. The van der Waals surface area contributed by atoms with Gasteiger partial charge in [-0.05, 0) is 12.1 Å². The number of para-hydroxylation sites is 1. The lowest BCUT2D eigenvalue weighted by Gasteiger charge is -2.26. The summed E-state index contributed by atoms with van der Waals surface area (Å²) in [6, 6.07) is 9.90. The molecule has 1 aromatic carbocycles. The minimum absolute atomic E-state index is 0.0692. The number of aliphatic hydroxyl groups is 1. The second-order valence-electron chi connectivity index (χ2n) is 4.78. The molecule has 0 atom stereocenters.